The molecule has 2 N–H and O–H groups in total. The van der Waals surface area contributed by atoms with Gasteiger partial charge < -0.3 is 19.4 Å². The predicted octanol–water partition coefficient (Wildman–Crippen LogP) is 1.59. The molecule has 118 valence electrons. The number of para-hydroxylation sites is 1. The zero-order chi connectivity index (χ0) is 16.4. The second-order valence-electron chi connectivity index (χ2n) is 5.24. The third-order valence-electron chi connectivity index (χ3n) is 3.64. The average Bonchev–Trinajstić information content (AvgIpc) is 2.98. The first-order valence-corrected chi connectivity index (χ1v) is 7.16. The summed E-state index contributed by atoms with van der Waals surface area (Å²) in [4.78, 5) is 24.1. The van der Waals surface area contributed by atoms with Gasteiger partial charge in [-0.15, -0.1) is 0 Å². The molecular formula is C17H16N2O4. The van der Waals surface area contributed by atoms with Gasteiger partial charge in [0.05, 0.1) is 5.39 Å². The number of aliphatic hydroxyl groups excluding tert-OH is 1. The first-order valence-electron chi connectivity index (χ1n) is 7.16. The fourth-order valence-electron chi connectivity index (χ4n) is 2.42. The van der Waals surface area contributed by atoms with Crippen LogP contribution >= 0.6 is 0 Å². The van der Waals surface area contributed by atoms with E-state index in [0.717, 1.165) is 6.07 Å². The topological polar surface area (TPSA) is 84.5 Å². The first-order chi connectivity index (χ1) is 11.1. The Morgan fingerprint density at radius 2 is 2.09 bits per heavy atom. The van der Waals surface area contributed by atoms with Gasteiger partial charge in [0.15, 0.2) is 11.2 Å². The SMILES string of the molecule is Cn1cccc1[C@@H](O)CNC(=O)c1cc(=O)c2ccccc2o1. The van der Waals surface area contributed by atoms with Gasteiger partial charge in [-0.05, 0) is 24.3 Å². The van der Waals surface area contributed by atoms with Crippen LogP contribution in [0, 0.1) is 0 Å². The van der Waals surface area contributed by atoms with Crippen LogP contribution < -0.4 is 10.7 Å². The van der Waals surface area contributed by atoms with Gasteiger partial charge in [0.1, 0.15) is 11.7 Å². The van der Waals surface area contributed by atoms with Gasteiger partial charge in [-0.1, -0.05) is 12.1 Å². The molecule has 0 unspecified atom stereocenters. The molecule has 1 atom stereocenters. The molecule has 1 amide bonds. The van der Waals surface area contributed by atoms with E-state index < -0.39 is 12.0 Å². The van der Waals surface area contributed by atoms with E-state index >= 15 is 0 Å². The number of aromatic nitrogens is 1. The van der Waals surface area contributed by atoms with Gasteiger partial charge in [-0.25, -0.2) is 0 Å². The molecule has 2 heterocycles. The molecule has 0 saturated heterocycles. The predicted molar refractivity (Wildman–Crippen MR) is 85.2 cm³/mol. The number of fused-ring (bicyclic) bond motifs is 1. The van der Waals surface area contributed by atoms with Crippen molar-refractivity contribution in [1.29, 1.82) is 0 Å². The van der Waals surface area contributed by atoms with E-state index in [1.807, 2.05) is 19.3 Å². The molecular weight excluding hydrogens is 296 g/mol. The number of benzene rings is 1. The Morgan fingerprint density at radius 1 is 1.30 bits per heavy atom. The number of aliphatic hydroxyl groups is 1. The van der Waals surface area contributed by atoms with Crippen molar-refractivity contribution in [2.24, 2.45) is 7.05 Å². The fraction of sp³-hybridized carbons (Fsp3) is 0.176. The second kappa shape index (κ2) is 6.10. The van der Waals surface area contributed by atoms with E-state index in [1.165, 1.54) is 0 Å². The Labute approximate surface area is 132 Å². The Balaban J connectivity index is 1.76. The van der Waals surface area contributed by atoms with Crippen LogP contribution in [0.4, 0.5) is 0 Å². The Hall–Kier alpha value is -2.86. The minimum Gasteiger partial charge on any atom is -0.451 e. The number of carbonyl (C=O) groups is 1. The van der Waals surface area contributed by atoms with Crippen LogP contribution in [0.2, 0.25) is 0 Å². The summed E-state index contributed by atoms with van der Waals surface area (Å²) >= 11 is 0. The third kappa shape index (κ3) is 3.02. The van der Waals surface area contributed by atoms with Crippen LogP contribution in [0.5, 0.6) is 0 Å². The van der Waals surface area contributed by atoms with Crippen molar-refractivity contribution >= 4 is 16.9 Å². The summed E-state index contributed by atoms with van der Waals surface area (Å²) in [6.07, 6.45) is 0.967. The molecule has 6 heteroatoms. The second-order valence-corrected chi connectivity index (χ2v) is 5.24. The molecule has 23 heavy (non-hydrogen) atoms. The molecule has 0 aliphatic rings. The molecule has 0 bridgehead atoms. The molecule has 3 rings (SSSR count). The zero-order valence-corrected chi connectivity index (χ0v) is 12.5. The van der Waals surface area contributed by atoms with Crippen LogP contribution in [-0.4, -0.2) is 22.1 Å². The van der Waals surface area contributed by atoms with Gasteiger partial charge in [0, 0.05) is 31.5 Å². The molecule has 0 aliphatic heterocycles. The maximum atomic E-state index is 12.1. The standard InChI is InChI=1S/C17H16N2O4/c1-19-8-4-6-12(19)14(21)10-18-17(22)16-9-13(20)11-5-2-3-7-15(11)23-16/h2-9,14,21H,10H2,1H3,(H,18,22)/t14-/m0/s1. The van der Waals surface area contributed by atoms with E-state index in [1.54, 1.807) is 34.9 Å². The zero-order valence-electron chi connectivity index (χ0n) is 12.5. The molecule has 0 fully saturated rings. The number of hydrogen-bond donors (Lipinski definition) is 2. The summed E-state index contributed by atoms with van der Waals surface area (Å²) in [5.74, 6) is -0.617. The summed E-state index contributed by atoms with van der Waals surface area (Å²) in [6.45, 7) is 0.0211. The van der Waals surface area contributed by atoms with Crippen molar-refractivity contribution in [3.05, 3.63) is 70.3 Å². The average molecular weight is 312 g/mol. The summed E-state index contributed by atoms with van der Waals surface area (Å²) in [5.41, 5.74) is 0.762. The van der Waals surface area contributed by atoms with E-state index in [2.05, 4.69) is 5.32 Å². The number of nitrogens with one attached hydrogen (secondary N) is 1. The summed E-state index contributed by atoms with van der Waals surface area (Å²) in [5, 5.41) is 13.1. The third-order valence-corrected chi connectivity index (χ3v) is 3.64. The van der Waals surface area contributed by atoms with Crippen LogP contribution in [0.15, 0.2) is 57.9 Å². The van der Waals surface area contributed by atoms with Crippen LogP contribution in [-0.2, 0) is 7.05 Å². The lowest BCUT2D eigenvalue weighted by atomic mass is 10.2. The molecule has 0 radical (unpaired) electrons. The highest BCUT2D eigenvalue weighted by Crippen LogP contribution is 2.13. The largest absolute Gasteiger partial charge is 0.451 e. The van der Waals surface area contributed by atoms with Crippen LogP contribution in [0.3, 0.4) is 0 Å². The maximum absolute atomic E-state index is 12.1. The Bertz CT molecular complexity index is 910. The fourth-order valence-corrected chi connectivity index (χ4v) is 2.42. The Morgan fingerprint density at radius 3 is 2.83 bits per heavy atom. The quantitative estimate of drug-likeness (QED) is 0.766. The number of carbonyl (C=O) groups excluding carboxylic acids is 1. The lowest BCUT2D eigenvalue weighted by Crippen LogP contribution is -2.29. The number of hydrogen-bond acceptors (Lipinski definition) is 4. The highest BCUT2D eigenvalue weighted by Gasteiger charge is 2.15. The molecule has 2 aromatic heterocycles. The number of aryl methyl sites for hydroxylation is 1. The minimum absolute atomic E-state index is 0.0211. The van der Waals surface area contributed by atoms with E-state index in [-0.39, 0.29) is 17.7 Å². The minimum atomic E-state index is -0.842. The number of amides is 1. The number of rotatable bonds is 4. The Kier molecular flexibility index (Phi) is 3.99. The number of nitrogens with zero attached hydrogens (tertiary/aromatic N) is 1. The van der Waals surface area contributed by atoms with Crippen molar-refractivity contribution < 1.29 is 14.3 Å². The summed E-state index contributed by atoms with van der Waals surface area (Å²) in [7, 11) is 1.81. The lowest BCUT2D eigenvalue weighted by Gasteiger charge is -2.12. The molecule has 3 aromatic rings. The highest BCUT2D eigenvalue weighted by molar-refractivity contribution is 5.93. The van der Waals surface area contributed by atoms with Crippen molar-refractivity contribution in [2.45, 2.75) is 6.10 Å². The van der Waals surface area contributed by atoms with E-state index in [4.69, 9.17) is 4.42 Å². The van der Waals surface area contributed by atoms with Gasteiger partial charge in [0.25, 0.3) is 5.91 Å². The first kappa shape index (κ1) is 15.1. The maximum Gasteiger partial charge on any atom is 0.287 e. The molecule has 0 aliphatic carbocycles. The van der Waals surface area contributed by atoms with Crippen molar-refractivity contribution in [1.82, 2.24) is 9.88 Å². The van der Waals surface area contributed by atoms with Crippen molar-refractivity contribution in [2.75, 3.05) is 6.54 Å². The van der Waals surface area contributed by atoms with Crippen LogP contribution in [0.1, 0.15) is 22.4 Å². The smallest absolute Gasteiger partial charge is 0.287 e. The monoisotopic (exact) mass is 312 g/mol. The summed E-state index contributed by atoms with van der Waals surface area (Å²) < 4.78 is 7.22. The molecule has 0 spiro atoms. The normalized spacial score (nSPS) is 12.3. The molecule has 1 aromatic carbocycles. The van der Waals surface area contributed by atoms with Crippen molar-refractivity contribution in [3.8, 4) is 0 Å². The summed E-state index contributed by atoms with van der Waals surface area (Å²) in [6, 6.07) is 11.5. The van der Waals surface area contributed by atoms with Crippen LogP contribution in [0.25, 0.3) is 11.0 Å². The highest BCUT2D eigenvalue weighted by atomic mass is 16.3. The van der Waals surface area contributed by atoms with E-state index in [9.17, 15) is 14.7 Å². The van der Waals surface area contributed by atoms with Crippen molar-refractivity contribution in [3.63, 3.8) is 0 Å². The molecule has 0 saturated carbocycles. The van der Waals surface area contributed by atoms with Gasteiger partial charge in [-0.2, -0.15) is 0 Å². The van der Waals surface area contributed by atoms with Gasteiger partial charge in [0.2, 0.25) is 0 Å². The van der Waals surface area contributed by atoms with Gasteiger partial charge in [-0.3, -0.25) is 9.59 Å². The lowest BCUT2D eigenvalue weighted by molar-refractivity contribution is 0.0885. The van der Waals surface area contributed by atoms with Gasteiger partial charge >= 0.3 is 0 Å². The molecule has 6 nitrogen and oxygen atoms in total. The van der Waals surface area contributed by atoms with E-state index in [0.29, 0.717) is 16.7 Å².